The lowest BCUT2D eigenvalue weighted by molar-refractivity contribution is -0.141. The van der Waals surface area contributed by atoms with Crippen molar-refractivity contribution in [3.05, 3.63) is 68.6 Å². The van der Waals surface area contributed by atoms with Crippen molar-refractivity contribution >= 4 is 46.1 Å². The van der Waals surface area contributed by atoms with Crippen LogP contribution >= 0.6 is 11.6 Å². The Morgan fingerprint density at radius 3 is 2.52 bits per heavy atom. The fraction of sp³-hybridized carbons (Fsp3) is 0.419. The second-order valence-corrected chi connectivity index (χ2v) is 11.8. The third kappa shape index (κ3) is 6.72. The summed E-state index contributed by atoms with van der Waals surface area (Å²) in [4.78, 5) is 60.8. The van der Waals surface area contributed by atoms with Crippen LogP contribution in [-0.4, -0.2) is 97.3 Å². The molecule has 4 aromatic rings. The van der Waals surface area contributed by atoms with Crippen LogP contribution in [0.5, 0.6) is 5.75 Å². The summed E-state index contributed by atoms with van der Waals surface area (Å²) in [5.74, 6) is -0.300. The number of methoxy groups -OCH3 is 1. The van der Waals surface area contributed by atoms with Crippen molar-refractivity contribution in [2.75, 3.05) is 56.7 Å². The Kier molecular flexibility index (Phi) is 9.75. The van der Waals surface area contributed by atoms with E-state index in [1.165, 1.54) is 13.4 Å². The zero-order valence-corrected chi connectivity index (χ0v) is 28.0. The summed E-state index contributed by atoms with van der Waals surface area (Å²) in [5, 5.41) is 6.52. The van der Waals surface area contributed by atoms with E-state index in [0.29, 0.717) is 49.3 Å². The largest absolute Gasteiger partial charge is 0.492 e. The zero-order chi connectivity index (χ0) is 35.7. The number of hydrogen-bond acceptors (Lipinski definition) is 11. The summed E-state index contributed by atoms with van der Waals surface area (Å²) in [6, 6.07) is 1.74. The van der Waals surface area contributed by atoms with Crippen molar-refractivity contribution in [3.8, 4) is 5.75 Å². The molecule has 0 radical (unpaired) electrons. The van der Waals surface area contributed by atoms with Crippen molar-refractivity contribution in [2.45, 2.75) is 39.4 Å². The minimum absolute atomic E-state index is 0.102. The molecule has 50 heavy (non-hydrogen) atoms. The number of pyridine rings is 1. The monoisotopic (exact) mass is 716 g/mol. The molecule has 6 heterocycles. The summed E-state index contributed by atoms with van der Waals surface area (Å²) in [6.45, 7) is 5.00. The molecule has 0 atom stereocenters. The van der Waals surface area contributed by atoms with Crippen molar-refractivity contribution < 1.29 is 32.2 Å². The number of alkyl halides is 3. The van der Waals surface area contributed by atoms with Gasteiger partial charge in [-0.2, -0.15) is 22.7 Å². The van der Waals surface area contributed by atoms with Crippen LogP contribution in [0.4, 0.5) is 24.5 Å². The third-order valence-electron chi connectivity index (χ3n) is 8.40. The van der Waals surface area contributed by atoms with Gasteiger partial charge in [0, 0.05) is 26.2 Å². The van der Waals surface area contributed by atoms with E-state index in [4.69, 9.17) is 21.1 Å². The van der Waals surface area contributed by atoms with Crippen LogP contribution in [0.15, 0.2) is 29.3 Å². The number of piperazine rings is 1. The van der Waals surface area contributed by atoms with E-state index in [0.717, 1.165) is 16.2 Å². The molecule has 4 aromatic heterocycles. The number of amides is 2. The molecule has 2 aliphatic heterocycles. The summed E-state index contributed by atoms with van der Waals surface area (Å²) < 4.78 is 52.9. The van der Waals surface area contributed by atoms with Gasteiger partial charge in [-0.1, -0.05) is 24.6 Å². The fourth-order valence-electron chi connectivity index (χ4n) is 5.96. The number of fused-ring (bicyclic) bond motifs is 1. The number of carbonyl (C=O) groups is 2. The first-order valence-corrected chi connectivity index (χ1v) is 16.0. The van der Waals surface area contributed by atoms with E-state index >= 15 is 0 Å². The number of carbonyl (C=O) groups excluding carboxylic acids is 2. The molecule has 0 spiro atoms. The first-order chi connectivity index (χ1) is 23.9. The Hall–Kier alpha value is -5.10. The normalized spacial score (nSPS) is 15.3. The average Bonchev–Trinajstić information content (AvgIpc) is 3.56. The maximum absolute atomic E-state index is 14.2. The second-order valence-electron chi connectivity index (χ2n) is 11.4. The highest BCUT2D eigenvalue weighted by Gasteiger charge is 2.34. The van der Waals surface area contributed by atoms with Gasteiger partial charge in [-0.3, -0.25) is 14.4 Å². The quantitative estimate of drug-likeness (QED) is 0.267. The van der Waals surface area contributed by atoms with Gasteiger partial charge >= 0.3 is 6.18 Å². The molecular weight excluding hydrogens is 685 g/mol. The first-order valence-electron chi connectivity index (χ1n) is 15.6. The van der Waals surface area contributed by atoms with Gasteiger partial charge in [0.25, 0.3) is 11.5 Å². The molecule has 2 aliphatic rings. The number of halogens is 4. The van der Waals surface area contributed by atoms with E-state index < -0.39 is 28.5 Å². The highest BCUT2D eigenvalue weighted by molar-refractivity contribution is 6.32. The number of nitrogens with one attached hydrogen (secondary N) is 1. The summed E-state index contributed by atoms with van der Waals surface area (Å²) in [6.07, 6.45) is -0.776. The van der Waals surface area contributed by atoms with Crippen LogP contribution in [-0.2, 0) is 28.7 Å². The standard InChI is InChI=1S/C31H32ClF3N10O5/c1-4-20-24(42-9-11-43(12-10-42)28(47)23-25(49-3)17(2)36-16-37-23)29(48)45-30(40-27(41-45)18-7-13-50-14-8-18)44(20)15-22(46)38-19-5-6-21(31(33,34)35)39-26(19)32/h5-7,16H,4,8-15H2,1-3H3,(H,38,46). The lowest BCUT2D eigenvalue weighted by Gasteiger charge is -2.36. The molecule has 264 valence electrons. The topological polar surface area (TPSA) is 162 Å². The molecule has 1 N–H and O–H groups in total. The number of aromatic nitrogens is 7. The van der Waals surface area contributed by atoms with E-state index in [2.05, 4.69) is 30.4 Å². The fourth-order valence-corrected chi connectivity index (χ4v) is 6.16. The molecule has 1 fully saturated rings. The Bertz CT molecular complexity index is 2060. The van der Waals surface area contributed by atoms with Crippen LogP contribution in [0.3, 0.4) is 0 Å². The second kappa shape index (κ2) is 14.0. The number of rotatable bonds is 8. The van der Waals surface area contributed by atoms with Crippen molar-refractivity contribution in [2.24, 2.45) is 0 Å². The summed E-state index contributed by atoms with van der Waals surface area (Å²) in [7, 11) is 1.44. The van der Waals surface area contributed by atoms with Gasteiger partial charge in [0.05, 0.1) is 37.4 Å². The van der Waals surface area contributed by atoms with Gasteiger partial charge in [-0.05, 0) is 37.5 Å². The molecule has 1 saturated heterocycles. The van der Waals surface area contributed by atoms with Crippen molar-refractivity contribution in [1.29, 1.82) is 0 Å². The number of anilines is 2. The summed E-state index contributed by atoms with van der Waals surface area (Å²) >= 11 is 6.01. The molecule has 0 aliphatic carbocycles. The van der Waals surface area contributed by atoms with E-state index in [-0.39, 0.29) is 67.2 Å². The number of nitrogens with zero attached hydrogens (tertiary/aromatic N) is 9. The highest BCUT2D eigenvalue weighted by Crippen LogP contribution is 2.31. The van der Waals surface area contributed by atoms with Crippen LogP contribution in [0.1, 0.15) is 46.7 Å². The van der Waals surface area contributed by atoms with Gasteiger partial charge < -0.3 is 29.2 Å². The number of aryl methyl sites for hydroxylation is 1. The van der Waals surface area contributed by atoms with Crippen molar-refractivity contribution in [3.63, 3.8) is 0 Å². The smallest absolute Gasteiger partial charge is 0.433 e. The Balaban J connectivity index is 1.34. The zero-order valence-electron chi connectivity index (χ0n) is 27.3. The SMILES string of the molecule is CCc1c(N2CCN(C(=O)c3ncnc(C)c3OC)CC2)c(=O)n2nc(C3=CCOCC3)nc2n1CC(=O)Nc1ccc(C(F)(F)F)nc1Cl. The van der Waals surface area contributed by atoms with Crippen molar-refractivity contribution in [1.82, 2.24) is 39.0 Å². The van der Waals surface area contributed by atoms with Crippen LogP contribution in [0, 0.1) is 6.92 Å². The lowest BCUT2D eigenvalue weighted by atomic mass is 10.1. The number of hydrogen-bond donors (Lipinski definition) is 1. The third-order valence-corrected chi connectivity index (χ3v) is 8.69. The molecule has 0 aromatic carbocycles. The van der Waals surface area contributed by atoms with Gasteiger partial charge in [-0.25, -0.2) is 15.0 Å². The molecule has 0 bridgehead atoms. The maximum Gasteiger partial charge on any atom is 0.433 e. The molecular formula is C31H32ClF3N10O5. The predicted octanol–water partition coefficient (Wildman–Crippen LogP) is 3.03. The molecule has 15 nitrogen and oxygen atoms in total. The summed E-state index contributed by atoms with van der Waals surface area (Å²) in [5.41, 5.74) is 0.415. The van der Waals surface area contributed by atoms with Crippen LogP contribution in [0.25, 0.3) is 11.4 Å². The van der Waals surface area contributed by atoms with Gasteiger partial charge in [-0.15, -0.1) is 5.10 Å². The molecule has 2 amide bonds. The number of ether oxygens (including phenoxy) is 2. The minimum Gasteiger partial charge on any atom is -0.492 e. The van der Waals surface area contributed by atoms with E-state index in [1.807, 2.05) is 17.9 Å². The lowest BCUT2D eigenvalue weighted by Crippen LogP contribution is -2.51. The predicted molar refractivity (Wildman–Crippen MR) is 174 cm³/mol. The molecule has 0 unspecified atom stereocenters. The molecule has 19 heteroatoms. The van der Waals surface area contributed by atoms with Gasteiger partial charge in [0.2, 0.25) is 11.7 Å². The van der Waals surface area contributed by atoms with Gasteiger partial charge in [0.15, 0.2) is 22.4 Å². The van der Waals surface area contributed by atoms with Gasteiger partial charge in [0.1, 0.15) is 24.3 Å². The van der Waals surface area contributed by atoms with E-state index in [1.54, 1.807) is 16.4 Å². The van der Waals surface area contributed by atoms with Crippen LogP contribution < -0.4 is 20.5 Å². The van der Waals surface area contributed by atoms with E-state index in [9.17, 15) is 27.6 Å². The Morgan fingerprint density at radius 2 is 1.88 bits per heavy atom. The minimum atomic E-state index is -4.72. The first kappa shape index (κ1) is 34.8. The highest BCUT2D eigenvalue weighted by atomic mass is 35.5. The maximum atomic E-state index is 14.2. The Morgan fingerprint density at radius 1 is 1.12 bits per heavy atom. The van der Waals surface area contributed by atoms with Crippen LogP contribution in [0.2, 0.25) is 5.15 Å². The molecule has 0 saturated carbocycles. The molecule has 6 rings (SSSR count). The average molecular weight is 717 g/mol. The Labute approximate surface area is 287 Å².